The highest BCUT2D eigenvalue weighted by Gasteiger charge is 2.08. The second-order valence-corrected chi connectivity index (χ2v) is 6.46. The Morgan fingerprint density at radius 3 is 2.53 bits per heavy atom. The molecule has 1 fully saturated rings. The van der Waals surface area contributed by atoms with Crippen molar-refractivity contribution < 1.29 is 0 Å². The Morgan fingerprint density at radius 1 is 1.11 bits per heavy atom. The zero-order valence-electron chi connectivity index (χ0n) is 12.0. The van der Waals surface area contributed by atoms with Crippen LogP contribution in [0.5, 0.6) is 0 Å². The maximum atomic E-state index is 3.40. The summed E-state index contributed by atoms with van der Waals surface area (Å²) >= 11 is 1.92. The second-order valence-electron chi connectivity index (χ2n) is 5.13. The first-order valence-electron chi connectivity index (χ1n) is 7.53. The summed E-state index contributed by atoms with van der Waals surface area (Å²) < 4.78 is 0. The second kappa shape index (κ2) is 8.62. The van der Waals surface area contributed by atoms with Crippen LogP contribution in [0.3, 0.4) is 0 Å². The van der Waals surface area contributed by atoms with E-state index in [4.69, 9.17) is 0 Å². The average Bonchev–Trinajstić information content (AvgIpc) is 2.47. The van der Waals surface area contributed by atoms with Gasteiger partial charge in [-0.2, -0.15) is 0 Å². The highest BCUT2D eigenvalue weighted by molar-refractivity contribution is 7.99. The van der Waals surface area contributed by atoms with Crippen LogP contribution in [0.15, 0.2) is 29.2 Å². The van der Waals surface area contributed by atoms with Gasteiger partial charge in [0.25, 0.3) is 0 Å². The average molecular weight is 278 g/mol. The summed E-state index contributed by atoms with van der Waals surface area (Å²) in [6.07, 6.45) is 3.86. The quantitative estimate of drug-likeness (QED) is 0.610. The van der Waals surface area contributed by atoms with Gasteiger partial charge >= 0.3 is 0 Å². The first kappa shape index (κ1) is 14.9. The fraction of sp³-hybridized carbons (Fsp3) is 0.625. The number of hydrogen-bond acceptors (Lipinski definition) is 3. The van der Waals surface area contributed by atoms with Gasteiger partial charge in [-0.3, -0.25) is 0 Å². The van der Waals surface area contributed by atoms with Crippen LogP contribution in [0.1, 0.15) is 25.3 Å². The van der Waals surface area contributed by atoms with Crippen molar-refractivity contribution >= 4 is 11.8 Å². The van der Waals surface area contributed by atoms with E-state index >= 15 is 0 Å². The highest BCUT2D eigenvalue weighted by Crippen LogP contribution is 2.18. The maximum absolute atomic E-state index is 3.40. The van der Waals surface area contributed by atoms with Gasteiger partial charge in [-0.15, -0.1) is 11.8 Å². The molecule has 2 nitrogen and oxygen atoms in total. The Balaban J connectivity index is 1.62. The van der Waals surface area contributed by atoms with Crippen molar-refractivity contribution in [3.05, 3.63) is 29.8 Å². The first-order chi connectivity index (χ1) is 9.38. The Kier molecular flexibility index (Phi) is 6.75. The lowest BCUT2D eigenvalue weighted by Gasteiger charge is -2.27. The Hall–Kier alpha value is -0.510. The summed E-state index contributed by atoms with van der Waals surface area (Å²) in [5.74, 6) is 1.16. The van der Waals surface area contributed by atoms with Crippen molar-refractivity contribution in [1.82, 2.24) is 10.2 Å². The third kappa shape index (κ3) is 5.55. The monoisotopic (exact) mass is 278 g/mol. The number of rotatable bonds is 7. The molecule has 0 saturated carbocycles. The maximum Gasteiger partial charge on any atom is 0.0107 e. The third-order valence-electron chi connectivity index (χ3n) is 3.63. The molecule has 1 aliphatic heterocycles. The largest absolute Gasteiger partial charge is 0.314 e. The Labute approximate surface area is 122 Å². The van der Waals surface area contributed by atoms with E-state index in [1.54, 1.807) is 0 Å². The van der Waals surface area contributed by atoms with Crippen molar-refractivity contribution in [2.24, 2.45) is 0 Å². The van der Waals surface area contributed by atoms with Gasteiger partial charge in [-0.05, 0) is 49.3 Å². The molecule has 1 saturated heterocycles. The van der Waals surface area contributed by atoms with Crippen LogP contribution in [0, 0.1) is 0 Å². The molecular weight excluding hydrogens is 252 g/mol. The number of hydrogen-bond donors (Lipinski definition) is 1. The summed E-state index contributed by atoms with van der Waals surface area (Å²) in [6.45, 7) is 8.25. The fourth-order valence-electron chi connectivity index (χ4n) is 2.52. The molecule has 0 aromatic heterocycles. The minimum absolute atomic E-state index is 1.16. The van der Waals surface area contributed by atoms with E-state index in [1.807, 2.05) is 11.8 Å². The SMILES string of the molecule is CCSc1ccc(CCCCN2CCNCC2)cc1. The van der Waals surface area contributed by atoms with Crippen LogP contribution in [-0.4, -0.2) is 43.4 Å². The number of piperazine rings is 1. The number of unbranched alkanes of at least 4 members (excludes halogenated alkanes) is 1. The summed E-state index contributed by atoms with van der Waals surface area (Å²) in [6, 6.07) is 9.12. The molecule has 1 aromatic rings. The molecule has 0 aliphatic carbocycles. The van der Waals surface area contributed by atoms with Crippen LogP contribution in [0.25, 0.3) is 0 Å². The number of benzene rings is 1. The smallest absolute Gasteiger partial charge is 0.0107 e. The van der Waals surface area contributed by atoms with Gasteiger partial charge in [0, 0.05) is 31.1 Å². The standard InChI is InChI=1S/C16H26N2S/c1-2-19-16-8-6-15(7-9-16)5-3-4-12-18-13-10-17-11-14-18/h6-9,17H,2-5,10-14H2,1H3. The van der Waals surface area contributed by atoms with E-state index in [9.17, 15) is 0 Å². The minimum Gasteiger partial charge on any atom is -0.314 e. The van der Waals surface area contributed by atoms with Crippen molar-refractivity contribution in [2.75, 3.05) is 38.5 Å². The molecule has 0 atom stereocenters. The molecule has 1 aliphatic rings. The van der Waals surface area contributed by atoms with Crippen LogP contribution in [-0.2, 0) is 6.42 Å². The van der Waals surface area contributed by atoms with Crippen LogP contribution in [0.4, 0.5) is 0 Å². The summed E-state index contributed by atoms with van der Waals surface area (Å²) in [5, 5.41) is 3.40. The zero-order valence-corrected chi connectivity index (χ0v) is 12.8. The number of thioether (sulfide) groups is 1. The van der Waals surface area contributed by atoms with E-state index in [0.29, 0.717) is 0 Å². The minimum atomic E-state index is 1.16. The predicted molar refractivity (Wildman–Crippen MR) is 85.1 cm³/mol. The lowest BCUT2D eigenvalue weighted by Crippen LogP contribution is -2.43. The van der Waals surface area contributed by atoms with Crippen LogP contribution in [0.2, 0.25) is 0 Å². The zero-order chi connectivity index (χ0) is 13.3. The van der Waals surface area contributed by atoms with E-state index in [0.717, 1.165) is 18.8 Å². The van der Waals surface area contributed by atoms with Crippen molar-refractivity contribution in [2.45, 2.75) is 31.1 Å². The summed E-state index contributed by atoms with van der Waals surface area (Å²) in [7, 11) is 0. The van der Waals surface area contributed by atoms with Gasteiger partial charge in [0.05, 0.1) is 0 Å². The predicted octanol–water partition coefficient (Wildman–Crippen LogP) is 3.03. The van der Waals surface area contributed by atoms with Gasteiger partial charge in [0.1, 0.15) is 0 Å². The van der Waals surface area contributed by atoms with Gasteiger partial charge in [0.2, 0.25) is 0 Å². The lowest BCUT2D eigenvalue weighted by molar-refractivity contribution is 0.237. The third-order valence-corrected chi connectivity index (χ3v) is 4.53. The molecule has 0 bridgehead atoms. The lowest BCUT2D eigenvalue weighted by atomic mass is 10.1. The van der Waals surface area contributed by atoms with Crippen LogP contribution < -0.4 is 5.32 Å². The van der Waals surface area contributed by atoms with Gasteiger partial charge < -0.3 is 10.2 Å². The van der Waals surface area contributed by atoms with Crippen molar-refractivity contribution in [3.63, 3.8) is 0 Å². The van der Waals surface area contributed by atoms with Crippen molar-refractivity contribution in [1.29, 1.82) is 0 Å². The molecule has 2 rings (SSSR count). The van der Waals surface area contributed by atoms with E-state index in [-0.39, 0.29) is 0 Å². The van der Waals surface area contributed by atoms with Crippen molar-refractivity contribution in [3.8, 4) is 0 Å². The van der Waals surface area contributed by atoms with Gasteiger partial charge in [0.15, 0.2) is 0 Å². The molecule has 1 heterocycles. The summed E-state index contributed by atoms with van der Waals surface area (Å²) in [4.78, 5) is 3.98. The number of nitrogens with zero attached hydrogens (tertiary/aromatic N) is 1. The number of nitrogens with one attached hydrogen (secondary N) is 1. The van der Waals surface area contributed by atoms with E-state index in [1.165, 1.54) is 49.4 Å². The first-order valence-corrected chi connectivity index (χ1v) is 8.52. The molecule has 106 valence electrons. The normalized spacial score (nSPS) is 16.7. The molecular formula is C16H26N2S. The number of aryl methyl sites for hydroxylation is 1. The molecule has 0 unspecified atom stereocenters. The van der Waals surface area contributed by atoms with E-state index in [2.05, 4.69) is 41.4 Å². The fourth-order valence-corrected chi connectivity index (χ4v) is 3.18. The molecule has 0 amide bonds. The van der Waals surface area contributed by atoms with E-state index < -0.39 is 0 Å². The molecule has 3 heteroatoms. The summed E-state index contributed by atoms with van der Waals surface area (Å²) in [5.41, 5.74) is 1.49. The van der Waals surface area contributed by atoms with Crippen LogP contribution >= 0.6 is 11.8 Å². The molecule has 19 heavy (non-hydrogen) atoms. The molecule has 0 radical (unpaired) electrons. The van der Waals surface area contributed by atoms with Gasteiger partial charge in [-0.1, -0.05) is 19.1 Å². The molecule has 1 N–H and O–H groups in total. The highest BCUT2D eigenvalue weighted by atomic mass is 32.2. The topological polar surface area (TPSA) is 15.3 Å². The Bertz CT molecular complexity index is 344. The Morgan fingerprint density at radius 2 is 1.84 bits per heavy atom. The molecule has 0 spiro atoms. The molecule has 1 aromatic carbocycles. The van der Waals surface area contributed by atoms with Gasteiger partial charge in [-0.25, -0.2) is 0 Å².